The van der Waals surface area contributed by atoms with Crippen molar-refractivity contribution in [1.82, 2.24) is 15.0 Å². The van der Waals surface area contributed by atoms with Crippen LogP contribution in [0.25, 0.3) is 0 Å². The van der Waals surface area contributed by atoms with E-state index < -0.39 is 0 Å². The SMILES string of the molecule is Cc1oncc1C(=O)N1CC(Oc2cccnc2)C1. The van der Waals surface area contributed by atoms with Crippen molar-refractivity contribution in [2.24, 2.45) is 0 Å². The normalized spacial score (nSPS) is 15.1. The fraction of sp³-hybridized carbons (Fsp3) is 0.308. The number of carbonyl (C=O) groups is 1. The standard InChI is InChI=1S/C13H13N3O3/c1-9-12(6-15-19-9)13(17)16-7-11(8-16)18-10-3-2-4-14-5-10/h2-6,11H,7-8H2,1H3. The van der Waals surface area contributed by atoms with Crippen molar-refractivity contribution in [3.8, 4) is 5.75 Å². The van der Waals surface area contributed by atoms with Crippen LogP contribution in [0.1, 0.15) is 16.1 Å². The van der Waals surface area contributed by atoms with Crippen molar-refractivity contribution >= 4 is 5.91 Å². The number of likely N-dealkylation sites (tertiary alicyclic amines) is 1. The molecule has 1 aliphatic rings. The molecule has 0 atom stereocenters. The van der Waals surface area contributed by atoms with Gasteiger partial charge in [-0.2, -0.15) is 0 Å². The zero-order chi connectivity index (χ0) is 13.2. The monoisotopic (exact) mass is 259 g/mol. The highest BCUT2D eigenvalue weighted by Gasteiger charge is 2.34. The molecule has 6 nitrogen and oxygen atoms in total. The largest absolute Gasteiger partial charge is 0.485 e. The zero-order valence-electron chi connectivity index (χ0n) is 10.4. The number of hydrogen-bond acceptors (Lipinski definition) is 5. The molecule has 1 aliphatic heterocycles. The second-order valence-electron chi connectivity index (χ2n) is 4.43. The molecular weight excluding hydrogens is 246 g/mol. The Hall–Kier alpha value is -2.37. The van der Waals surface area contributed by atoms with Crippen molar-refractivity contribution in [3.05, 3.63) is 42.0 Å². The molecule has 1 fully saturated rings. The van der Waals surface area contributed by atoms with Crippen LogP contribution in [-0.4, -0.2) is 40.1 Å². The van der Waals surface area contributed by atoms with Crippen LogP contribution < -0.4 is 4.74 Å². The summed E-state index contributed by atoms with van der Waals surface area (Å²) in [6, 6.07) is 3.67. The summed E-state index contributed by atoms with van der Waals surface area (Å²) in [6.07, 6.45) is 4.83. The Morgan fingerprint density at radius 1 is 1.47 bits per heavy atom. The van der Waals surface area contributed by atoms with Gasteiger partial charge in [-0.15, -0.1) is 0 Å². The summed E-state index contributed by atoms with van der Waals surface area (Å²) in [5.74, 6) is 1.20. The average Bonchev–Trinajstić information content (AvgIpc) is 2.80. The van der Waals surface area contributed by atoms with E-state index in [4.69, 9.17) is 9.26 Å². The number of aromatic nitrogens is 2. The van der Waals surface area contributed by atoms with E-state index in [-0.39, 0.29) is 12.0 Å². The summed E-state index contributed by atoms with van der Waals surface area (Å²) in [5, 5.41) is 3.61. The Morgan fingerprint density at radius 2 is 2.32 bits per heavy atom. The lowest BCUT2D eigenvalue weighted by atomic mass is 10.1. The molecule has 0 unspecified atom stereocenters. The molecule has 0 radical (unpaired) electrons. The summed E-state index contributed by atoms with van der Waals surface area (Å²) < 4.78 is 10.6. The fourth-order valence-electron chi connectivity index (χ4n) is 1.96. The van der Waals surface area contributed by atoms with Crippen LogP contribution in [0, 0.1) is 6.92 Å². The minimum absolute atomic E-state index is 0.0216. The number of hydrogen-bond donors (Lipinski definition) is 0. The molecule has 3 heterocycles. The highest BCUT2D eigenvalue weighted by molar-refractivity contribution is 5.95. The van der Waals surface area contributed by atoms with Gasteiger partial charge in [0.25, 0.3) is 5.91 Å². The lowest BCUT2D eigenvalue weighted by Gasteiger charge is -2.38. The van der Waals surface area contributed by atoms with Gasteiger partial charge in [0, 0.05) is 6.20 Å². The van der Waals surface area contributed by atoms with Crippen LogP contribution >= 0.6 is 0 Å². The molecular formula is C13H13N3O3. The van der Waals surface area contributed by atoms with E-state index in [9.17, 15) is 4.79 Å². The van der Waals surface area contributed by atoms with Gasteiger partial charge in [0.1, 0.15) is 23.2 Å². The molecule has 2 aromatic heterocycles. The van der Waals surface area contributed by atoms with E-state index in [1.54, 1.807) is 24.2 Å². The molecule has 6 heteroatoms. The lowest BCUT2D eigenvalue weighted by Crippen LogP contribution is -2.56. The number of pyridine rings is 1. The van der Waals surface area contributed by atoms with Crippen LogP contribution in [0.3, 0.4) is 0 Å². The van der Waals surface area contributed by atoms with Crippen molar-refractivity contribution < 1.29 is 14.1 Å². The van der Waals surface area contributed by atoms with Crippen molar-refractivity contribution in [1.29, 1.82) is 0 Å². The minimum atomic E-state index is -0.0650. The number of amides is 1. The molecule has 19 heavy (non-hydrogen) atoms. The van der Waals surface area contributed by atoms with Crippen molar-refractivity contribution in [2.75, 3.05) is 13.1 Å². The average molecular weight is 259 g/mol. The molecule has 0 aliphatic carbocycles. The molecule has 1 amide bonds. The Balaban J connectivity index is 1.56. The zero-order valence-corrected chi connectivity index (χ0v) is 10.4. The summed E-state index contributed by atoms with van der Waals surface area (Å²) in [5.41, 5.74) is 0.514. The van der Waals surface area contributed by atoms with Crippen LogP contribution in [0.5, 0.6) is 5.75 Å². The molecule has 1 saturated heterocycles. The van der Waals surface area contributed by atoms with E-state index in [1.165, 1.54) is 6.20 Å². The van der Waals surface area contributed by atoms with Gasteiger partial charge in [-0.3, -0.25) is 9.78 Å². The second-order valence-corrected chi connectivity index (χ2v) is 4.43. The van der Waals surface area contributed by atoms with Gasteiger partial charge in [0.05, 0.1) is 25.5 Å². The third-order valence-electron chi connectivity index (χ3n) is 3.05. The summed E-state index contributed by atoms with van der Waals surface area (Å²) in [6.45, 7) is 2.86. The first-order valence-electron chi connectivity index (χ1n) is 6.01. The molecule has 0 aromatic carbocycles. The first-order chi connectivity index (χ1) is 9.24. The quantitative estimate of drug-likeness (QED) is 0.830. The van der Waals surface area contributed by atoms with Gasteiger partial charge in [-0.1, -0.05) is 5.16 Å². The summed E-state index contributed by atoms with van der Waals surface area (Å²) >= 11 is 0. The molecule has 3 rings (SSSR count). The van der Waals surface area contributed by atoms with Gasteiger partial charge < -0.3 is 14.2 Å². The first kappa shape index (κ1) is 11.7. The first-order valence-corrected chi connectivity index (χ1v) is 6.01. The van der Waals surface area contributed by atoms with E-state index in [1.807, 2.05) is 12.1 Å². The molecule has 98 valence electrons. The molecule has 0 spiro atoms. The Morgan fingerprint density at radius 3 is 2.95 bits per heavy atom. The van der Waals surface area contributed by atoms with Crippen LogP contribution in [-0.2, 0) is 0 Å². The van der Waals surface area contributed by atoms with Crippen LogP contribution in [0.15, 0.2) is 35.2 Å². The maximum absolute atomic E-state index is 12.1. The number of aryl methyl sites for hydroxylation is 1. The maximum Gasteiger partial charge on any atom is 0.259 e. The Labute approximate surface area is 110 Å². The van der Waals surface area contributed by atoms with E-state index in [2.05, 4.69) is 10.1 Å². The van der Waals surface area contributed by atoms with Gasteiger partial charge in [0.15, 0.2) is 0 Å². The number of ether oxygens (including phenoxy) is 1. The van der Waals surface area contributed by atoms with Crippen molar-refractivity contribution in [3.63, 3.8) is 0 Å². The Bertz CT molecular complexity index is 576. The summed E-state index contributed by atoms with van der Waals surface area (Å²) in [7, 11) is 0. The number of nitrogens with zero attached hydrogens (tertiary/aromatic N) is 3. The molecule has 2 aromatic rings. The topological polar surface area (TPSA) is 68.5 Å². The van der Waals surface area contributed by atoms with Crippen molar-refractivity contribution in [2.45, 2.75) is 13.0 Å². The van der Waals surface area contributed by atoms with Crippen LogP contribution in [0.2, 0.25) is 0 Å². The fourth-order valence-corrected chi connectivity index (χ4v) is 1.96. The third-order valence-corrected chi connectivity index (χ3v) is 3.05. The highest BCUT2D eigenvalue weighted by Crippen LogP contribution is 2.20. The molecule has 0 N–H and O–H groups in total. The van der Waals surface area contributed by atoms with E-state index >= 15 is 0 Å². The lowest BCUT2D eigenvalue weighted by molar-refractivity contribution is 0.0175. The maximum atomic E-state index is 12.1. The number of rotatable bonds is 3. The minimum Gasteiger partial charge on any atom is -0.485 e. The molecule has 0 bridgehead atoms. The van der Waals surface area contributed by atoms with Gasteiger partial charge >= 0.3 is 0 Å². The summed E-state index contributed by atoms with van der Waals surface area (Å²) in [4.78, 5) is 17.8. The number of carbonyl (C=O) groups excluding carboxylic acids is 1. The molecule has 0 saturated carbocycles. The van der Waals surface area contributed by atoms with Crippen LogP contribution in [0.4, 0.5) is 0 Å². The second kappa shape index (κ2) is 4.72. The van der Waals surface area contributed by atoms with Gasteiger partial charge in [-0.25, -0.2) is 0 Å². The third kappa shape index (κ3) is 2.29. The highest BCUT2D eigenvalue weighted by atomic mass is 16.5. The Kier molecular flexibility index (Phi) is 2.91. The predicted octanol–water partition coefficient (Wildman–Crippen LogP) is 1.28. The van der Waals surface area contributed by atoms with E-state index in [0.29, 0.717) is 24.4 Å². The smallest absolute Gasteiger partial charge is 0.259 e. The van der Waals surface area contributed by atoms with E-state index in [0.717, 1.165) is 5.75 Å². The van der Waals surface area contributed by atoms with Gasteiger partial charge in [0.2, 0.25) is 0 Å². The predicted molar refractivity (Wildman–Crippen MR) is 65.8 cm³/mol. The van der Waals surface area contributed by atoms with Gasteiger partial charge in [-0.05, 0) is 19.1 Å².